The molecule has 0 aromatic heterocycles. The van der Waals surface area contributed by atoms with E-state index in [4.69, 9.17) is 0 Å². The van der Waals surface area contributed by atoms with Gasteiger partial charge in [-0.05, 0) is 24.3 Å². The minimum atomic E-state index is -0.516. The fourth-order valence-corrected chi connectivity index (χ4v) is 3.35. The topological polar surface area (TPSA) is 0 Å². The van der Waals surface area contributed by atoms with Gasteiger partial charge in [-0.15, -0.1) is 0 Å². The molecule has 1 saturated carbocycles. The molecule has 3 heteroatoms. The van der Waals surface area contributed by atoms with Crippen molar-refractivity contribution in [2.45, 2.75) is 37.4 Å². The summed E-state index contributed by atoms with van der Waals surface area (Å²) in [5.74, 6) is -0.965. The Kier molecular flexibility index (Phi) is 3.34. The van der Waals surface area contributed by atoms with Crippen molar-refractivity contribution in [2.75, 3.05) is 0 Å². The zero-order chi connectivity index (χ0) is 11.8. The first kappa shape index (κ1) is 12.0. The molecule has 2 rings (SSSR count). The van der Waals surface area contributed by atoms with Gasteiger partial charge < -0.3 is 0 Å². The van der Waals surface area contributed by atoms with Crippen LogP contribution in [0.5, 0.6) is 0 Å². The van der Waals surface area contributed by atoms with E-state index in [0.29, 0.717) is 5.56 Å². The zero-order valence-corrected chi connectivity index (χ0v) is 10.9. The predicted octanol–water partition coefficient (Wildman–Crippen LogP) is 4.98. The van der Waals surface area contributed by atoms with Gasteiger partial charge in [-0.1, -0.05) is 41.8 Å². The van der Waals surface area contributed by atoms with Crippen LogP contribution < -0.4 is 0 Å². The third-order valence-electron chi connectivity index (χ3n) is 3.59. The standard InChI is InChI=1S/C13H15BrF2/c1-13(6-2-3-7-13)12(14)10-5-4-9(15)8-11(10)16/h4-5,8,12H,2-3,6-7H2,1H3. The molecule has 0 amide bonds. The van der Waals surface area contributed by atoms with E-state index in [1.54, 1.807) is 6.07 Å². The Morgan fingerprint density at radius 3 is 2.44 bits per heavy atom. The fourth-order valence-electron chi connectivity index (χ4n) is 2.52. The second-order valence-corrected chi connectivity index (χ2v) is 5.81. The zero-order valence-electron chi connectivity index (χ0n) is 9.27. The highest BCUT2D eigenvalue weighted by atomic mass is 79.9. The van der Waals surface area contributed by atoms with Crippen LogP contribution in [0.2, 0.25) is 0 Å². The summed E-state index contributed by atoms with van der Waals surface area (Å²) in [4.78, 5) is -0.0249. The minimum absolute atomic E-state index is 0.0249. The van der Waals surface area contributed by atoms with Gasteiger partial charge in [-0.2, -0.15) is 0 Å². The molecule has 16 heavy (non-hydrogen) atoms. The maximum atomic E-state index is 13.7. The van der Waals surface area contributed by atoms with Gasteiger partial charge in [0.05, 0.1) is 0 Å². The summed E-state index contributed by atoms with van der Waals surface area (Å²) < 4.78 is 26.5. The molecule has 0 N–H and O–H groups in total. The first-order valence-corrected chi connectivity index (χ1v) is 6.53. The van der Waals surface area contributed by atoms with Crippen molar-refractivity contribution in [1.29, 1.82) is 0 Å². The van der Waals surface area contributed by atoms with Crippen LogP contribution in [0, 0.1) is 17.0 Å². The Balaban J connectivity index is 2.29. The number of rotatable bonds is 2. The Labute approximate surface area is 103 Å². The molecule has 0 spiro atoms. The maximum Gasteiger partial charge on any atom is 0.130 e. The van der Waals surface area contributed by atoms with Crippen LogP contribution in [0.1, 0.15) is 43.0 Å². The van der Waals surface area contributed by atoms with Crippen molar-refractivity contribution in [3.05, 3.63) is 35.4 Å². The van der Waals surface area contributed by atoms with Gasteiger partial charge >= 0.3 is 0 Å². The lowest BCUT2D eigenvalue weighted by molar-refractivity contribution is 0.326. The van der Waals surface area contributed by atoms with Crippen LogP contribution in [-0.4, -0.2) is 0 Å². The lowest BCUT2D eigenvalue weighted by Gasteiger charge is -2.30. The van der Waals surface area contributed by atoms with Gasteiger partial charge in [0.15, 0.2) is 0 Å². The van der Waals surface area contributed by atoms with Gasteiger partial charge in [0, 0.05) is 16.5 Å². The fraction of sp³-hybridized carbons (Fsp3) is 0.538. The molecule has 1 aromatic rings. The molecule has 0 nitrogen and oxygen atoms in total. The minimum Gasteiger partial charge on any atom is -0.207 e. The van der Waals surface area contributed by atoms with Crippen LogP contribution >= 0.6 is 15.9 Å². The van der Waals surface area contributed by atoms with Gasteiger partial charge in [0.25, 0.3) is 0 Å². The summed E-state index contributed by atoms with van der Waals surface area (Å²) in [6.07, 6.45) is 4.59. The summed E-state index contributed by atoms with van der Waals surface area (Å²) in [6.45, 7) is 2.17. The number of benzene rings is 1. The third kappa shape index (κ3) is 2.15. The van der Waals surface area contributed by atoms with Crippen molar-refractivity contribution < 1.29 is 8.78 Å². The van der Waals surface area contributed by atoms with Gasteiger partial charge in [-0.25, -0.2) is 8.78 Å². The lowest BCUT2D eigenvalue weighted by atomic mass is 9.82. The Bertz CT molecular complexity index is 384. The van der Waals surface area contributed by atoms with Crippen molar-refractivity contribution in [3.8, 4) is 0 Å². The van der Waals surface area contributed by atoms with Gasteiger partial charge in [0.2, 0.25) is 0 Å². The summed E-state index contributed by atoms with van der Waals surface area (Å²) in [5.41, 5.74) is 0.671. The summed E-state index contributed by atoms with van der Waals surface area (Å²) in [5, 5.41) is 0. The summed E-state index contributed by atoms with van der Waals surface area (Å²) in [6, 6.07) is 3.83. The van der Waals surface area contributed by atoms with E-state index in [1.807, 2.05) is 0 Å². The molecule has 1 aliphatic carbocycles. The molecule has 0 aliphatic heterocycles. The molecule has 88 valence electrons. The quantitative estimate of drug-likeness (QED) is 0.673. The highest BCUT2D eigenvalue weighted by Gasteiger charge is 2.37. The van der Waals surface area contributed by atoms with E-state index < -0.39 is 11.6 Å². The van der Waals surface area contributed by atoms with Crippen molar-refractivity contribution >= 4 is 15.9 Å². The molecule has 0 radical (unpaired) electrons. The average Bonchev–Trinajstić information content (AvgIpc) is 2.66. The largest absolute Gasteiger partial charge is 0.207 e. The Hall–Kier alpha value is -0.440. The molecule has 0 saturated heterocycles. The van der Waals surface area contributed by atoms with Crippen molar-refractivity contribution in [2.24, 2.45) is 5.41 Å². The van der Waals surface area contributed by atoms with E-state index in [-0.39, 0.29) is 10.2 Å². The second kappa shape index (κ2) is 4.44. The summed E-state index contributed by atoms with van der Waals surface area (Å²) in [7, 11) is 0. The monoisotopic (exact) mass is 288 g/mol. The smallest absolute Gasteiger partial charge is 0.130 e. The molecular formula is C13H15BrF2. The van der Waals surface area contributed by atoms with Crippen LogP contribution in [0.15, 0.2) is 18.2 Å². The lowest BCUT2D eigenvalue weighted by Crippen LogP contribution is -2.18. The highest BCUT2D eigenvalue weighted by molar-refractivity contribution is 9.09. The average molecular weight is 289 g/mol. The predicted molar refractivity (Wildman–Crippen MR) is 64.6 cm³/mol. The molecule has 1 fully saturated rings. The first-order chi connectivity index (χ1) is 7.53. The van der Waals surface area contributed by atoms with Crippen LogP contribution in [0.25, 0.3) is 0 Å². The molecule has 1 atom stereocenters. The van der Waals surface area contributed by atoms with Crippen LogP contribution in [0.4, 0.5) is 8.78 Å². The van der Waals surface area contributed by atoms with E-state index >= 15 is 0 Å². The molecule has 1 unspecified atom stereocenters. The van der Waals surface area contributed by atoms with E-state index in [2.05, 4.69) is 22.9 Å². The van der Waals surface area contributed by atoms with Gasteiger partial charge in [-0.3, -0.25) is 0 Å². The van der Waals surface area contributed by atoms with E-state index in [1.165, 1.54) is 18.9 Å². The number of hydrogen-bond donors (Lipinski definition) is 0. The molecular weight excluding hydrogens is 274 g/mol. The normalized spacial score (nSPS) is 21.0. The Morgan fingerprint density at radius 1 is 1.25 bits per heavy atom. The highest BCUT2D eigenvalue weighted by Crippen LogP contribution is 2.51. The molecule has 1 aromatic carbocycles. The number of hydrogen-bond acceptors (Lipinski definition) is 0. The van der Waals surface area contributed by atoms with Crippen molar-refractivity contribution in [1.82, 2.24) is 0 Å². The van der Waals surface area contributed by atoms with Gasteiger partial charge in [0.1, 0.15) is 11.6 Å². The number of halogens is 3. The number of alkyl halides is 1. The SMILES string of the molecule is CC1(C(Br)c2ccc(F)cc2F)CCCC1. The third-order valence-corrected chi connectivity index (χ3v) is 5.19. The maximum absolute atomic E-state index is 13.7. The van der Waals surface area contributed by atoms with E-state index in [9.17, 15) is 8.78 Å². The molecule has 0 heterocycles. The molecule has 0 bridgehead atoms. The molecule has 1 aliphatic rings. The van der Waals surface area contributed by atoms with Crippen LogP contribution in [0.3, 0.4) is 0 Å². The summed E-state index contributed by atoms with van der Waals surface area (Å²) >= 11 is 3.58. The van der Waals surface area contributed by atoms with Crippen LogP contribution in [-0.2, 0) is 0 Å². The van der Waals surface area contributed by atoms with Crippen molar-refractivity contribution in [3.63, 3.8) is 0 Å². The first-order valence-electron chi connectivity index (χ1n) is 5.62. The Morgan fingerprint density at radius 2 is 1.88 bits per heavy atom. The second-order valence-electron chi connectivity index (χ2n) is 4.89. The van der Waals surface area contributed by atoms with E-state index in [0.717, 1.165) is 18.9 Å².